The number of thioether (sulfide) groups is 1. The van der Waals surface area contributed by atoms with Crippen LogP contribution in [0, 0.1) is 0 Å². The molecule has 0 saturated carbocycles. The van der Waals surface area contributed by atoms with E-state index in [9.17, 15) is 0 Å². The van der Waals surface area contributed by atoms with Gasteiger partial charge in [0.25, 0.3) is 0 Å². The van der Waals surface area contributed by atoms with Crippen LogP contribution in [0.25, 0.3) is 0 Å². The van der Waals surface area contributed by atoms with Crippen LogP contribution in [-0.2, 0) is 0 Å². The van der Waals surface area contributed by atoms with Crippen molar-refractivity contribution in [2.45, 2.75) is 5.03 Å². The second-order valence-electron chi connectivity index (χ2n) is 2.51. The Hall–Kier alpha value is -0.120. The first-order valence-corrected chi connectivity index (χ1v) is 5.74. The molecule has 1 heterocycles. The van der Waals surface area contributed by atoms with Crippen molar-refractivity contribution in [1.29, 1.82) is 0 Å². The standard InChI is InChI=1S/C9H10ClNS2/c1-7(5-12)6-13-9-3-2-8(10)4-11-9/h2-4,12H,1,5-6H2. The summed E-state index contributed by atoms with van der Waals surface area (Å²) in [5, 5.41) is 1.63. The smallest absolute Gasteiger partial charge is 0.0964 e. The molecule has 13 heavy (non-hydrogen) atoms. The Morgan fingerprint density at radius 1 is 1.62 bits per heavy atom. The van der Waals surface area contributed by atoms with Gasteiger partial charge in [0.1, 0.15) is 0 Å². The van der Waals surface area contributed by atoms with Gasteiger partial charge in [-0.15, -0.1) is 11.8 Å². The lowest BCUT2D eigenvalue weighted by atomic mass is 10.4. The number of halogens is 1. The maximum absolute atomic E-state index is 5.70. The minimum Gasteiger partial charge on any atom is -0.248 e. The normalized spacial score (nSPS) is 10.0. The zero-order valence-electron chi connectivity index (χ0n) is 7.03. The number of rotatable bonds is 4. The van der Waals surface area contributed by atoms with E-state index >= 15 is 0 Å². The van der Waals surface area contributed by atoms with Crippen LogP contribution in [0.2, 0.25) is 5.02 Å². The van der Waals surface area contributed by atoms with Crippen molar-refractivity contribution in [2.75, 3.05) is 11.5 Å². The molecule has 0 amide bonds. The Morgan fingerprint density at radius 2 is 2.38 bits per heavy atom. The highest BCUT2D eigenvalue weighted by molar-refractivity contribution is 7.99. The van der Waals surface area contributed by atoms with Crippen molar-refractivity contribution < 1.29 is 0 Å². The maximum Gasteiger partial charge on any atom is 0.0964 e. The monoisotopic (exact) mass is 231 g/mol. The molecule has 70 valence electrons. The molecule has 1 aromatic rings. The molecule has 0 spiro atoms. The molecule has 1 nitrogen and oxygen atoms in total. The molecule has 0 aromatic carbocycles. The van der Waals surface area contributed by atoms with Crippen molar-refractivity contribution in [3.8, 4) is 0 Å². The molecule has 0 atom stereocenters. The third-order valence-electron chi connectivity index (χ3n) is 1.35. The summed E-state index contributed by atoms with van der Waals surface area (Å²) >= 11 is 11.5. The summed E-state index contributed by atoms with van der Waals surface area (Å²) in [4.78, 5) is 4.15. The molecule has 0 unspecified atom stereocenters. The van der Waals surface area contributed by atoms with E-state index in [2.05, 4.69) is 24.2 Å². The van der Waals surface area contributed by atoms with Crippen LogP contribution in [0.15, 0.2) is 35.5 Å². The van der Waals surface area contributed by atoms with E-state index < -0.39 is 0 Å². The van der Waals surface area contributed by atoms with Gasteiger partial charge in [-0.25, -0.2) is 4.98 Å². The fraction of sp³-hybridized carbons (Fsp3) is 0.222. The number of thiol groups is 1. The average molecular weight is 232 g/mol. The van der Waals surface area contributed by atoms with Crippen molar-refractivity contribution in [1.82, 2.24) is 4.98 Å². The number of aromatic nitrogens is 1. The zero-order chi connectivity index (χ0) is 9.68. The van der Waals surface area contributed by atoms with Crippen LogP contribution in [-0.4, -0.2) is 16.5 Å². The average Bonchev–Trinajstić information content (AvgIpc) is 2.16. The predicted octanol–water partition coefficient (Wildman–Crippen LogP) is 3.31. The molecule has 0 aliphatic carbocycles. The van der Waals surface area contributed by atoms with Crippen molar-refractivity contribution in [3.05, 3.63) is 35.5 Å². The largest absolute Gasteiger partial charge is 0.248 e. The molecule has 0 saturated heterocycles. The van der Waals surface area contributed by atoms with E-state index in [1.165, 1.54) is 0 Å². The first kappa shape index (κ1) is 11.0. The quantitative estimate of drug-likeness (QED) is 0.485. The van der Waals surface area contributed by atoms with E-state index in [0.717, 1.165) is 22.1 Å². The lowest BCUT2D eigenvalue weighted by Crippen LogP contribution is -1.87. The van der Waals surface area contributed by atoms with Gasteiger partial charge in [-0.2, -0.15) is 12.6 Å². The van der Waals surface area contributed by atoms with Gasteiger partial charge in [0, 0.05) is 17.7 Å². The SMILES string of the molecule is C=C(CS)CSc1ccc(Cl)cn1. The highest BCUT2D eigenvalue weighted by Gasteiger charge is 1.96. The summed E-state index contributed by atoms with van der Waals surface area (Å²) < 4.78 is 0. The van der Waals surface area contributed by atoms with Crippen LogP contribution in [0.5, 0.6) is 0 Å². The van der Waals surface area contributed by atoms with Gasteiger partial charge in [0.2, 0.25) is 0 Å². The topological polar surface area (TPSA) is 12.9 Å². The number of nitrogens with zero attached hydrogens (tertiary/aromatic N) is 1. The maximum atomic E-state index is 5.70. The molecule has 0 fully saturated rings. The van der Waals surface area contributed by atoms with Gasteiger partial charge in [-0.1, -0.05) is 23.8 Å². The van der Waals surface area contributed by atoms with Crippen molar-refractivity contribution in [3.63, 3.8) is 0 Å². The van der Waals surface area contributed by atoms with Crippen LogP contribution >= 0.6 is 36.0 Å². The Morgan fingerprint density at radius 3 is 2.92 bits per heavy atom. The second kappa shape index (κ2) is 5.58. The van der Waals surface area contributed by atoms with E-state index in [0.29, 0.717) is 5.02 Å². The highest BCUT2D eigenvalue weighted by Crippen LogP contribution is 2.19. The van der Waals surface area contributed by atoms with Crippen molar-refractivity contribution in [2.24, 2.45) is 0 Å². The molecule has 0 bridgehead atoms. The first-order valence-electron chi connectivity index (χ1n) is 3.74. The minimum absolute atomic E-state index is 0.664. The molecular weight excluding hydrogens is 222 g/mol. The Kier molecular flexibility index (Phi) is 4.70. The molecule has 0 radical (unpaired) electrons. The minimum atomic E-state index is 0.664. The van der Waals surface area contributed by atoms with Gasteiger partial charge < -0.3 is 0 Å². The summed E-state index contributed by atoms with van der Waals surface area (Å²) in [6, 6.07) is 3.74. The Balaban J connectivity index is 2.46. The molecule has 0 aliphatic heterocycles. The van der Waals surface area contributed by atoms with Crippen molar-refractivity contribution >= 4 is 36.0 Å². The molecule has 0 aliphatic rings. The van der Waals surface area contributed by atoms with Crippen LogP contribution < -0.4 is 0 Å². The highest BCUT2D eigenvalue weighted by atomic mass is 35.5. The molecule has 1 rings (SSSR count). The zero-order valence-corrected chi connectivity index (χ0v) is 9.50. The summed E-state index contributed by atoms with van der Waals surface area (Å²) in [6.07, 6.45) is 1.65. The summed E-state index contributed by atoms with van der Waals surface area (Å²) in [7, 11) is 0. The van der Waals surface area contributed by atoms with Gasteiger partial charge in [-0.3, -0.25) is 0 Å². The lowest BCUT2D eigenvalue weighted by Gasteiger charge is -2.01. The van der Waals surface area contributed by atoms with Crippen LogP contribution in [0.1, 0.15) is 0 Å². The van der Waals surface area contributed by atoms with E-state index in [4.69, 9.17) is 11.6 Å². The fourth-order valence-corrected chi connectivity index (χ4v) is 1.79. The molecule has 1 aromatic heterocycles. The summed E-state index contributed by atoms with van der Waals surface area (Å²) in [6.45, 7) is 3.85. The van der Waals surface area contributed by atoms with Gasteiger partial charge in [-0.05, 0) is 12.1 Å². The number of pyridine rings is 1. The second-order valence-corrected chi connectivity index (χ2v) is 4.26. The number of hydrogen-bond acceptors (Lipinski definition) is 3. The Bertz CT molecular complexity index is 284. The van der Waals surface area contributed by atoms with Crippen LogP contribution in [0.3, 0.4) is 0 Å². The first-order chi connectivity index (χ1) is 6.22. The van der Waals surface area contributed by atoms with E-state index in [1.807, 2.05) is 12.1 Å². The third-order valence-corrected chi connectivity index (χ3v) is 3.11. The number of hydrogen-bond donors (Lipinski definition) is 1. The summed E-state index contributed by atoms with van der Waals surface area (Å²) in [5.74, 6) is 1.58. The predicted molar refractivity (Wildman–Crippen MR) is 63.0 cm³/mol. The fourth-order valence-electron chi connectivity index (χ4n) is 0.669. The Labute approximate surface area is 93.0 Å². The third kappa shape index (κ3) is 4.07. The molecule has 0 N–H and O–H groups in total. The van der Waals surface area contributed by atoms with Gasteiger partial charge in [0.15, 0.2) is 0 Å². The van der Waals surface area contributed by atoms with Gasteiger partial charge >= 0.3 is 0 Å². The molecule has 4 heteroatoms. The lowest BCUT2D eigenvalue weighted by molar-refractivity contribution is 1.13. The van der Waals surface area contributed by atoms with E-state index in [-0.39, 0.29) is 0 Å². The van der Waals surface area contributed by atoms with E-state index in [1.54, 1.807) is 18.0 Å². The summed E-state index contributed by atoms with van der Waals surface area (Å²) in [5.41, 5.74) is 1.10. The molecular formula is C9H10ClNS2. The van der Waals surface area contributed by atoms with Crippen LogP contribution in [0.4, 0.5) is 0 Å². The van der Waals surface area contributed by atoms with Gasteiger partial charge in [0.05, 0.1) is 10.0 Å².